The van der Waals surface area contributed by atoms with Gasteiger partial charge in [-0.15, -0.1) is 0 Å². The van der Waals surface area contributed by atoms with E-state index in [2.05, 4.69) is 10.6 Å². The molecule has 0 bridgehead atoms. The maximum absolute atomic E-state index is 11.5. The third kappa shape index (κ3) is 3.48. The monoisotopic (exact) mass is 250 g/mol. The number of carbonyl (C=O) groups is 2. The molecular formula is C13H18N2O3. The van der Waals surface area contributed by atoms with Gasteiger partial charge in [0.15, 0.2) is 0 Å². The molecule has 0 radical (unpaired) electrons. The van der Waals surface area contributed by atoms with Crippen molar-refractivity contribution >= 4 is 17.7 Å². The Balaban J connectivity index is 2.90. The number of anilines is 1. The zero-order chi connectivity index (χ0) is 13.7. The minimum Gasteiger partial charge on any atom is -0.478 e. The molecule has 1 aromatic carbocycles. The van der Waals surface area contributed by atoms with Crippen LogP contribution in [0.1, 0.15) is 34.8 Å². The van der Waals surface area contributed by atoms with Gasteiger partial charge in [-0.1, -0.05) is 6.92 Å². The molecule has 0 aromatic heterocycles. The van der Waals surface area contributed by atoms with Gasteiger partial charge in [-0.25, -0.2) is 9.59 Å². The highest BCUT2D eigenvalue weighted by Gasteiger charge is 2.11. The van der Waals surface area contributed by atoms with Crippen molar-refractivity contribution in [2.75, 3.05) is 11.9 Å². The molecule has 0 saturated heterocycles. The van der Waals surface area contributed by atoms with Crippen molar-refractivity contribution in [2.45, 2.75) is 27.2 Å². The predicted molar refractivity (Wildman–Crippen MR) is 70.2 cm³/mol. The molecule has 0 fully saturated rings. The number of benzene rings is 1. The fourth-order valence-corrected chi connectivity index (χ4v) is 1.57. The molecule has 5 nitrogen and oxygen atoms in total. The van der Waals surface area contributed by atoms with Gasteiger partial charge in [-0.3, -0.25) is 0 Å². The van der Waals surface area contributed by atoms with E-state index < -0.39 is 5.97 Å². The van der Waals surface area contributed by atoms with Crippen LogP contribution in [0.2, 0.25) is 0 Å². The molecular weight excluding hydrogens is 232 g/mol. The number of hydrogen-bond acceptors (Lipinski definition) is 2. The Bertz CT molecular complexity index is 470. The molecule has 0 spiro atoms. The number of amides is 2. The molecule has 0 heterocycles. The zero-order valence-electron chi connectivity index (χ0n) is 10.8. The van der Waals surface area contributed by atoms with Crippen molar-refractivity contribution in [3.05, 3.63) is 28.8 Å². The highest BCUT2D eigenvalue weighted by molar-refractivity contribution is 5.94. The minimum atomic E-state index is -0.992. The molecule has 2 amide bonds. The van der Waals surface area contributed by atoms with Crippen LogP contribution in [-0.2, 0) is 0 Å². The molecule has 0 aliphatic carbocycles. The van der Waals surface area contributed by atoms with Crippen LogP contribution in [0.15, 0.2) is 12.1 Å². The predicted octanol–water partition coefficient (Wildman–Crippen LogP) is 2.53. The summed E-state index contributed by atoms with van der Waals surface area (Å²) in [5.41, 5.74) is 2.24. The van der Waals surface area contributed by atoms with E-state index in [-0.39, 0.29) is 11.6 Å². The number of aromatic carboxylic acids is 1. The van der Waals surface area contributed by atoms with Gasteiger partial charge in [0, 0.05) is 12.2 Å². The van der Waals surface area contributed by atoms with Crippen molar-refractivity contribution < 1.29 is 14.7 Å². The van der Waals surface area contributed by atoms with E-state index in [0.29, 0.717) is 17.8 Å². The molecule has 0 saturated carbocycles. The lowest BCUT2D eigenvalue weighted by molar-refractivity contribution is 0.0696. The van der Waals surface area contributed by atoms with Crippen LogP contribution in [0.4, 0.5) is 10.5 Å². The highest BCUT2D eigenvalue weighted by Crippen LogP contribution is 2.19. The summed E-state index contributed by atoms with van der Waals surface area (Å²) in [4.78, 5) is 22.5. The minimum absolute atomic E-state index is 0.209. The fraction of sp³-hybridized carbons (Fsp3) is 0.385. The standard InChI is InChI=1S/C13H18N2O3/c1-4-5-14-13(18)15-10-6-8(2)9(3)11(7-10)12(16)17/h6-7H,4-5H2,1-3H3,(H,16,17)(H2,14,15,18). The molecule has 18 heavy (non-hydrogen) atoms. The smallest absolute Gasteiger partial charge is 0.336 e. The van der Waals surface area contributed by atoms with Crippen molar-refractivity contribution in [3.8, 4) is 0 Å². The summed E-state index contributed by atoms with van der Waals surface area (Å²) in [7, 11) is 0. The maximum atomic E-state index is 11.5. The molecule has 98 valence electrons. The second-order valence-electron chi connectivity index (χ2n) is 4.15. The first-order chi connectivity index (χ1) is 8.45. The lowest BCUT2D eigenvalue weighted by Crippen LogP contribution is -2.29. The van der Waals surface area contributed by atoms with Crippen LogP contribution in [0, 0.1) is 13.8 Å². The Hall–Kier alpha value is -2.04. The average molecular weight is 250 g/mol. The summed E-state index contributed by atoms with van der Waals surface area (Å²) in [6, 6.07) is 2.90. The van der Waals surface area contributed by atoms with Crippen molar-refractivity contribution in [1.82, 2.24) is 5.32 Å². The second kappa shape index (κ2) is 6.05. The van der Waals surface area contributed by atoms with Crippen LogP contribution in [0.25, 0.3) is 0 Å². The van der Waals surface area contributed by atoms with Gasteiger partial charge in [0.05, 0.1) is 5.56 Å². The first-order valence-corrected chi connectivity index (χ1v) is 5.85. The van der Waals surface area contributed by atoms with E-state index in [0.717, 1.165) is 12.0 Å². The van der Waals surface area contributed by atoms with Crippen LogP contribution in [-0.4, -0.2) is 23.7 Å². The number of urea groups is 1. The van der Waals surface area contributed by atoms with Gasteiger partial charge in [0.25, 0.3) is 0 Å². The van der Waals surface area contributed by atoms with Gasteiger partial charge >= 0.3 is 12.0 Å². The van der Waals surface area contributed by atoms with Crippen LogP contribution in [0.3, 0.4) is 0 Å². The molecule has 1 rings (SSSR count). The number of aryl methyl sites for hydroxylation is 1. The molecule has 0 aliphatic heterocycles. The Morgan fingerprint density at radius 1 is 1.28 bits per heavy atom. The van der Waals surface area contributed by atoms with E-state index in [4.69, 9.17) is 5.11 Å². The van der Waals surface area contributed by atoms with Crippen LogP contribution in [0.5, 0.6) is 0 Å². The maximum Gasteiger partial charge on any atom is 0.336 e. The SMILES string of the molecule is CCCNC(=O)Nc1cc(C)c(C)c(C(=O)O)c1. The quantitative estimate of drug-likeness (QED) is 0.768. The van der Waals surface area contributed by atoms with Gasteiger partial charge in [0.1, 0.15) is 0 Å². The molecule has 3 N–H and O–H groups in total. The Labute approximate surface area is 106 Å². The molecule has 0 unspecified atom stereocenters. The van der Waals surface area contributed by atoms with Crippen LogP contribution >= 0.6 is 0 Å². The van der Waals surface area contributed by atoms with E-state index >= 15 is 0 Å². The Kier molecular flexibility index (Phi) is 4.71. The number of carbonyl (C=O) groups excluding carboxylic acids is 1. The van der Waals surface area contributed by atoms with Gasteiger partial charge in [-0.05, 0) is 43.5 Å². The lowest BCUT2D eigenvalue weighted by Gasteiger charge is -2.11. The Morgan fingerprint density at radius 3 is 2.50 bits per heavy atom. The number of carboxylic acid groups (broad SMARTS) is 1. The number of rotatable bonds is 4. The van der Waals surface area contributed by atoms with Crippen molar-refractivity contribution in [3.63, 3.8) is 0 Å². The molecule has 1 aromatic rings. The largest absolute Gasteiger partial charge is 0.478 e. The Morgan fingerprint density at radius 2 is 1.94 bits per heavy atom. The summed E-state index contributed by atoms with van der Waals surface area (Å²) in [6.45, 7) is 6.11. The summed E-state index contributed by atoms with van der Waals surface area (Å²) in [6.07, 6.45) is 0.848. The topological polar surface area (TPSA) is 78.4 Å². The first kappa shape index (κ1) is 14.0. The van der Waals surface area contributed by atoms with E-state index in [1.165, 1.54) is 6.07 Å². The average Bonchev–Trinajstić information content (AvgIpc) is 2.30. The summed E-state index contributed by atoms with van der Waals surface area (Å²) in [5, 5.41) is 14.4. The second-order valence-corrected chi connectivity index (χ2v) is 4.15. The van der Waals surface area contributed by atoms with Gasteiger partial charge in [0.2, 0.25) is 0 Å². The third-order valence-corrected chi connectivity index (χ3v) is 2.69. The zero-order valence-corrected chi connectivity index (χ0v) is 10.8. The van der Waals surface area contributed by atoms with Gasteiger partial charge in [-0.2, -0.15) is 0 Å². The fourth-order valence-electron chi connectivity index (χ4n) is 1.57. The van der Waals surface area contributed by atoms with Gasteiger partial charge < -0.3 is 15.7 Å². The first-order valence-electron chi connectivity index (χ1n) is 5.85. The third-order valence-electron chi connectivity index (χ3n) is 2.69. The number of carboxylic acids is 1. The summed E-state index contributed by atoms with van der Waals surface area (Å²) >= 11 is 0. The van der Waals surface area contributed by atoms with E-state index in [1.807, 2.05) is 13.8 Å². The molecule has 0 aliphatic rings. The summed E-state index contributed by atoms with van der Waals surface area (Å²) in [5.74, 6) is -0.992. The lowest BCUT2D eigenvalue weighted by atomic mass is 10.0. The molecule has 5 heteroatoms. The summed E-state index contributed by atoms with van der Waals surface area (Å²) < 4.78 is 0. The van der Waals surface area contributed by atoms with E-state index in [1.54, 1.807) is 13.0 Å². The van der Waals surface area contributed by atoms with E-state index in [9.17, 15) is 9.59 Å². The number of hydrogen-bond donors (Lipinski definition) is 3. The van der Waals surface area contributed by atoms with Crippen molar-refractivity contribution in [2.24, 2.45) is 0 Å². The van der Waals surface area contributed by atoms with Crippen LogP contribution < -0.4 is 10.6 Å². The normalized spacial score (nSPS) is 9.94. The van der Waals surface area contributed by atoms with Crippen molar-refractivity contribution in [1.29, 1.82) is 0 Å². The number of nitrogens with one attached hydrogen (secondary N) is 2. The molecule has 0 atom stereocenters. The highest BCUT2D eigenvalue weighted by atomic mass is 16.4.